The van der Waals surface area contributed by atoms with E-state index in [0.29, 0.717) is 5.13 Å². The van der Waals surface area contributed by atoms with Crippen LogP contribution < -0.4 is 10.2 Å². The average molecular weight is 324 g/mol. The lowest BCUT2D eigenvalue weighted by atomic mass is 10.1. The molecule has 1 fully saturated rings. The maximum absolute atomic E-state index is 13.3. The number of amides is 2. The average Bonchev–Trinajstić information content (AvgIpc) is 3.11. The van der Waals surface area contributed by atoms with Crippen LogP contribution in [0.5, 0.6) is 0 Å². The molecular formula is C13H10F2N4O2S. The van der Waals surface area contributed by atoms with Crippen LogP contribution in [0, 0.1) is 17.6 Å². The molecule has 0 bridgehead atoms. The van der Waals surface area contributed by atoms with Crippen molar-refractivity contribution in [1.29, 1.82) is 0 Å². The van der Waals surface area contributed by atoms with Gasteiger partial charge in [0, 0.05) is 24.7 Å². The third-order valence-electron chi connectivity index (χ3n) is 3.30. The summed E-state index contributed by atoms with van der Waals surface area (Å²) in [6.45, 7) is 0.106. The number of aromatic nitrogens is 2. The number of nitrogens with zero attached hydrogens (tertiary/aromatic N) is 3. The van der Waals surface area contributed by atoms with E-state index in [0.717, 1.165) is 12.1 Å². The van der Waals surface area contributed by atoms with E-state index in [9.17, 15) is 18.4 Å². The number of anilines is 2. The van der Waals surface area contributed by atoms with E-state index in [1.807, 2.05) is 0 Å². The number of hydrogen-bond donors (Lipinski definition) is 1. The van der Waals surface area contributed by atoms with E-state index in [4.69, 9.17) is 0 Å². The number of benzene rings is 1. The van der Waals surface area contributed by atoms with Crippen LogP contribution in [0.3, 0.4) is 0 Å². The van der Waals surface area contributed by atoms with Crippen LogP contribution in [0.4, 0.5) is 19.6 Å². The Balaban J connectivity index is 1.72. The zero-order chi connectivity index (χ0) is 15.7. The van der Waals surface area contributed by atoms with Crippen molar-refractivity contribution in [2.24, 2.45) is 5.92 Å². The minimum atomic E-state index is -1.04. The van der Waals surface area contributed by atoms with Gasteiger partial charge in [0.05, 0.1) is 5.92 Å². The van der Waals surface area contributed by atoms with Gasteiger partial charge in [0.1, 0.15) is 5.51 Å². The molecule has 0 saturated carbocycles. The number of carbonyl (C=O) groups excluding carboxylic acids is 2. The van der Waals surface area contributed by atoms with Crippen LogP contribution in [0.2, 0.25) is 0 Å². The highest BCUT2D eigenvalue weighted by atomic mass is 32.1. The van der Waals surface area contributed by atoms with Crippen molar-refractivity contribution in [3.8, 4) is 0 Å². The summed E-state index contributed by atoms with van der Waals surface area (Å²) in [4.78, 5) is 25.3. The first-order valence-corrected chi connectivity index (χ1v) is 7.25. The molecule has 114 valence electrons. The van der Waals surface area contributed by atoms with E-state index in [1.54, 1.807) is 0 Å². The topological polar surface area (TPSA) is 75.2 Å². The van der Waals surface area contributed by atoms with Crippen LogP contribution in [-0.2, 0) is 9.59 Å². The molecule has 3 rings (SSSR count). The first-order chi connectivity index (χ1) is 10.5. The van der Waals surface area contributed by atoms with Crippen LogP contribution in [-0.4, -0.2) is 28.6 Å². The van der Waals surface area contributed by atoms with E-state index in [1.165, 1.54) is 27.8 Å². The highest BCUT2D eigenvalue weighted by Crippen LogP contribution is 2.27. The van der Waals surface area contributed by atoms with Crippen molar-refractivity contribution in [3.63, 3.8) is 0 Å². The predicted molar refractivity (Wildman–Crippen MR) is 75.4 cm³/mol. The second kappa shape index (κ2) is 5.76. The third-order valence-corrected chi connectivity index (χ3v) is 3.91. The van der Waals surface area contributed by atoms with Gasteiger partial charge in [0.15, 0.2) is 11.6 Å². The molecule has 2 amide bonds. The fourth-order valence-electron chi connectivity index (χ4n) is 2.22. The summed E-state index contributed by atoms with van der Waals surface area (Å²) in [6.07, 6.45) is 0.00360. The standard InChI is InChI=1S/C13H10F2N4O2S/c14-9-2-1-8(4-10(9)15)19-5-7(3-11(19)20)12(21)17-13-18-16-6-22-13/h1-2,4,6-7H,3,5H2,(H,17,18,21). The van der Waals surface area contributed by atoms with Crippen molar-refractivity contribution < 1.29 is 18.4 Å². The van der Waals surface area contributed by atoms with Gasteiger partial charge in [0.25, 0.3) is 0 Å². The van der Waals surface area contributed by atoms with Gasteiger partial charge in [-0.3, -0.25) is 9.59 Å². The molecule has 1 atom stereocenters. The van der Waals surface area contributed by atoms with Crippen molar-refractivity contribution in [2.45, 2.75) is 6.42 Å². The summed E-state index contributed by atoms with van der Waals surface area (Å²) in [6, 6.07) is 3.20. The number of rotatable bonds is 3. The Bertz CT molecular complexity index is 723. The molecule has 1 unspecified atom stereocenters. The monoisotopic (exact) mass is 324 g/mol. The minimum Gasteiger partial charge on any atom is -0.311 e. The third kappa shape index (κ3) is 2.80. The van der Waals surface area contributed by atoms with Crippen molar-refractivity contribution in [2.75, 3.05) is 16.8 Å². The maximum Gasteiger partial charge on any atom is 0.231 e. The quantitative estimate of drug-likeness (QED) is 0.934. The first-order valence-electron chi connectivity index (χ1n) is 6.37. The van der Waals surface area contributed by atoms with Crippen molar-refractivity contribution in [1.82, 2.24) is 10.2 Å². The molecule has 1 aliphatic heterocycles. The van der Waals surface area contributed by atoms with Crippen molar-refractivity contribution in [3.05, 3.63) is 35.3 Å². The van der Waals surface area contributed by atoms with Gasteiger partial charge in [0.2, 0.25) is 16.9 Å². The van der Waals surface area contributed by atoms with Crippen LogP contribution in [0.1, 0.15) is 6.42 Å². The summed E-state index contributed by atoms with van der Waals surface area (Å²) in [5.41, 5.74) is 1.71. The van der Waals surface area contributed by atoms with E-state index >= 15 is 0 Å². The Kier molecular flexibility index (Phi) is 3.80. The summed E-state index contributed by atoms with van der Waals surface area (Å²) >= 11 is 1.17. The fourth-order valence-corrected chi connectivity index (χ4v) is 2.67. The van der Waals surface area contributed by atoms with Gasteiger partial charge in [-0.05, 0) is 12.1 Å². The summed E-state index contributed by atoms with van der Waals surface area (Å²) in [5, 5.41) is 10.2. The molecule has 1 aromatic carbocycles. The SMILES string of the molecule is O=C(Nc1nncs1)C1CC(=O)N(c2ccc(F)c(F)c2)C1. The number of carbonyl (C=O) groups is 2. The van der Waals surface area contributed by atoms with E-state index in [2.05, 4.69) is 15.5 Å². The van der Waals surface area contributed by atoms with Gasteiger partial charge in [-0.1, -0.05) is 11.3 Å². The Morgan fingerprint density at radius 1 is 1.36 bits per heavy atom. The Hall–Kier alpha value is -2.42. The minimum absolute atomic E-state index is 0.00360. The summed E-state index contributed by atoms with van der Waals surface area (Å²) < 4.78 is 26.2. The molecule has 9 heteroatoms. The van der Waals surface area contributed by atoms with Gasteiger partial charge >= 0.3 is 0 Å². The lowest BCUT2D eigenvalue weighted by Gasteiger charge is -2.16. The largest absolute Gasteiger partial charge is 0.311 e. The molecular weight excluding hydrogens is 314 g/mol. The van der Waals surface area contributed by atoms with E-state index in [-0.39, 0.29) is 30.5 Å². The van der Waals surface area contributed by atoms with E-state index < -0.39 is 17.6 Å². The first kappa shape index (κ1) is 14.5. The number of hydrogen-bond acceptors (Lipinski definition) is 5. The van der Waals surface area contributed by atoms with Crippen LogP contribution >= 0.6 is 11.3 Å². The Morgan fingerprint density at radius 2 is 2.18 bits per heavy atom. The molecule has 6 nitrogen and oxygen atoms in total. The molecule has 0 spiro atoms. The normalized spacial score (nSPS) is 17.8. The van der Waals surface area contributed by atoms with Gasteiger partial charge in [-0.15, -0.1) is 10.2 Å². The predicted octanol–water partition coefficient (Wildman–Crippen LogP) is 1.81. The van der Waals surface area contributed by atoms with Crippen LogP contribution in [0.15, 0.2) is 23.7 Å². The molecule has 1 N–H and O–H groups in total. The highest BCUT2D eigenvalue weighted by molar-refractivity contribution is 7.13. The van der Waals surface area contributed by atoms with Gasteiger partial charge < -0.3 is 10.2 Å². The zero-order valence-electron chi connectivity index (χ0n) is 11.1. The summed E-state index contributed by atoms with van der Waals surface area (Å²) in [5.74, 6) is -3.27. The fraction of sp³-hybridized carbons (Fsp3) is 0.231. The lowest BCUT2D eigenvalue weighted by Crippen LogP contribution is -2.28. The lowest BCUT2D eigenvalue weighted by molar-refractivity contribution is -0.122. The summed E-state index contributed by atoms with van der Waals surface area (Å²) in [7, 11) is 0. The molecule has 22 heavy (non-hydrogen) atoms. The molecule has 0 radical (unpaired) electrons. The number of halogens is 2. The molecule has 2 aromatic rings. The molecule has 1 aromatic heterocycles. The second-order valence-electron chi connectivity index (χ2n) is 4.74. The van der Waals surface area contributed by atoms with Crippen molar-refractivity contribution >= 4 is 34.0 Å². The molecule has 2 heterocycles. The highest BCUT2D eigenvalue weighted by Gasteiger charge is 2.35. The zero-order valence-corrected chi connectivity index (χ0v) is 11.9. The smallest absolute Gasteiger partial charge is 0.231 e. The van der Waals surface area contributed by atoms with Gasteiger partial charge in [-0.2, -0.15) is 0 Å². The molecule has 1 saturated heterocycles. The van der Waals surface area contributed by atoms with Crippen LogP contribution in [0.25, 0.3) is 0 Å². The number of nitrogens with one attached hydrogen (secondary N) is 1. The van der Waals surface area contributed by atoms with Gasteiger partial charge in [-0.25, -0.2) is 8.78 Å². The Morgan fingerprint density at radius 3 is 2.86 bits per heavy atom. The second-order valence-corrected chi connectivity index (χ2v) is 5.57. The molecule has 0 aliphatic carbocycles. The molecule has 1 aliphatic rings. The Labute approximate surface area is 127 Å². The maximum atomic E-state index is 13.3.